The zero-order chi connectivity index (χ0) is 17.6. The maximum Gasteiger partial charge on any atom is 0.329 e. The molecule has 0 bridgehead atoms. The van der Waals surface area contributed by atoms with Gasteiger partial charge < -0.3 is 19.4 Å². The Hall–Kier alpha value is -2.83. The first-order valence-electron chi connectivity index (χ1n) is 8.25. The van der Waals surface area contributed by atoms with Crippen LogP contribution in [0.3, 0.4) is 0 Å². The van der Waals surface area contributed by atoms with Gasteiger partial charge in [-0.05, 0) is 18.6 Å². The highest BCUT2D eigenvalue weighted by molar-refractivity contribution is 5.85. The fourth-order valence-electron chi connectivity index (χ4n) is 2.92. The molecule has 3 rings (SSSR count). The molecule has 0 aliphatic carbocycles. The van der Waals surface area contributed by atoms with Crippen LogP contribution in [0.5, 0.6) is 5.75 Å². The highest BCUT2D eigenvalue weighted by atomic mass is 16.5. The van der Waals surface area contributed by atoms with E-state index in [-0.39, 0.29) is 5.91 Å². The molecular formula is C18H21N3O4. The molecule has 1 atom stereocenters. The molecule has 0 fully saturated rings. The summed E-state index contributed by atoms with van der Waals surface area (Å²) in [6, 6.07) is 8.85. The van der Waals surface area contributed by atoms with Gasteiger partial charge in [0, 0.05) is 12.8 Å². The van der Waals surface area contributed by atoms with Crippen molar-refractivity contribution in [2.75, 3.05) is 13.7 Å². The highest BCUT2D eigenvalue weighted by Gasteiger charge is 2.36. The smallest absolute Gasteiger partial charge is 0.329 e. The Morgan fingerprint density at radius 3 is 2.88 bits per heavy atom. The van der Waals surface area contributed by atoms with E-state index in [1.54, 1.807) is 11.2 Å². The quantitative estimate of drug-likeness (QED) is 0.637. The molecule has 1 aromatic carbocycles. The second-order valence-corrected chi connectivity index (χ2v) is 5.86. The van der Waals surface area contributed by atoms with Crippen molar-refractivity contribution in [3.8, 4) is 5.75 Å². The highest BCUT2D eigenvalue weighted by Crippen LogP contribution is 2.22. The fraction of sp³-hybridized carbons (Fsp3) is 0.389. The van der Waals surface area contributed by atoms with E-state index < -0.39 is 12.0 Å². The van der Waals surface area contributed by atoms with E-state index in [2.05, 4.69) is 9.97 Å². The number of benzene rings is 1. The van der Waals surface area contributed by atoms with E-state index in [0.29, 0.717) is 32.4 Å². The molecule has 2 aromatic rings. The second kappa shape index (κ2) is 7.83. The van der Waals surface area contributed by atoms with Crippen LogP contribution in [-0.2, 0) is 27.3 Å². The van der Waals surface area contributed by atoms with Crippen molar-refractivity contribution >= 4 is 11.9 Å². The van der Waals surface area contributed by atoms with Gasteiger partial charge >= 0.3 is 5.97 Å². The van der Waals surface area contributed by atoms with Gasteiger partial charge in [-0.15, -0.1) is 0 Å². The predicted molar refractivity (Wildman–Crippen MR) is 89.8 cm³/mol. The number of esters is 1. The number of para-hydroxylation sites is 1. The molecule has 1 unspecified atom stereocenters. The molecule has 2 heterocycles. The molecule has 1 aliphatic heterocycles. The Morgan fingerprint density at radius 1 is 1.32 bits per heavy atom. The zero-order valence-corrected chi connectivity index (χ0v) is 14.1. The van der Waals surface area contributed by atoms with Crippen molar-refractivity contribution in [2.24, 2.45) is 0 Å². The summed E-state index contributed by atoms with van der Waals surface area (Å²) in [4.78, 5) is 33.4. The predicted octanol–water partition coefficient (Wildman–Crippen LogP) is 1.70. The van der Waals surface area contributed by atoms with E-state index >= 15 is 0 Å². The maximum atomic E-state index is 12.6. The number of carbonyl (C=O) groups excluding carboxylic acids is 2. The number of amides is 1. The molecule has 0 saturated heterocycles. The number of ether oxygens (including phenoxy) is 2. The number of nitrogens with one attached hydrogen (secondary N) is 1. The number of carbonyl (C=O) groups is 2. The van der Waals surface area contributed by atoms with Crippen molar-refractivity contribution in [1.29, 1.82) is 0 Å². The summed E-state index contributed by atoms with van der Waals surface area (Å²) in [6.45, 7) is 0.787. The lowest BCUT2D eigenvalue weighted by Gasteiger charge is -2.33. The fourth-order valence-corrected chi connectivity index (χ4v) is 2.92. The Morgan fingerprint density at radius 2 is 2.12 bits per heavy atom. The van der Waals surface area contributed by atoms with Gasteiger partial charge in [0.2, 0.25) is 5.91 Å². The maximum absolute atomic E-state index is 12.6. The van der Waals surface area contributed by atoms with Crippen LogP contribution in [0.2, 0.25) is 0 Å². The molecule has 7 nitrogen and oxygen atoms in total. The van der Waals surface area contributed by atoms with Crippen molar-refractivity contribution in [1.82, 2.24) is 14.9 Å². The Balaban J connectivity index is 1.56. The normalized spacial score (nSPS) is 16.2. The van der Waals surface area contributed by atoms with E-state index in [9.17, 15) is 9.59 Å². The van der Waals surface area contributed by atoms with E-state index in [0.717, 1.165) is 17.1 Å². The number of aromatic amines is 1. The van der Waals surface area contributed by atoms with E-state index in [1.165, 1.54) is 7.11 Å². The summed E-state index contributed by atoms with van der Waals surface area (Å²) < 4.78 is 10.5. The van der Waals surface area contributed by atoms with Crippen molar-refractivity contribution in [2.45, 2.75) is 31.8 Å². The van der Waals surface area contributed by atoms with Crippen LogP contribution in [-0.4, -0.2) is 46.5 Å². The van der Waals surface area contributed by atoms with Gasteiger partial charge in [-0.25, -0.2) is 9.78 Å². The molecule has 1 amide bonds. The number of nitrogens with zero attached hydrogens (tertiary/aromatic N) is 2. The minimum absolute atomic E-state index is 0.0905. The first kappa shape index (κ1) is 17.0. The summed E-state index contributed by atoms with van der Waals surface area (Å²) >= 11 is 0. The summed E-state index contributed by atoms with van der Waals surface area (Å²) in [7, 11) is 1.33. The monoisotopic (exact) mass is 343 g/mol. The second-order valence-electron chi connectivity index (χ2n) is 5.86. The Kier molecular flexibility index (Phi) is 5.33. The minimum Gasteiger partial charge on any atom is -0.494 e. The Labute approximate surface area is 146 Å². The lowest BCUT2D eigenvalue weighted by molar-refractivity contribution is -0.154. The summed E-state index contributed by atoms with van der Waals surface area (Å²) in [6.07, 6.45) is 2.84. The number of aromatic nitrogens is 2. The van der Waals surface area contributed by atoms with Crippen LogP contribution in [0, 0.1) is 0 Å². The molecule has 0 spiro atoms. The third kappa shape index (κ3) is 3.99. The van der Waals surface area contributed by atoms with Gasteiger partial charge in [-0.1, -0.05) is 18.2 Å². The topological polar surface area (TPSA) is 84.5 Å². The van der Waals surface area contributed by atoms with Gasteiger partial charge in [-0.2, -0.15) is 0 Å². The lowest BCUT2D eigenvalue weighted by atomic mass is 10.0. The number of H-pyrrole nitrogens is 1. The lowest BCUT2D eigenvalue weighted by Crippen LogP contribution is -2.49. The van der Waals surface area contributed by atoms with Crippen molar-refractivity contribution < 1.29 is 19.1 Å². The largest absolute Gasteiger partial charge is 0.494 e. The molecule has 0 radical (unpaired) electrons. The minimum atomic E-state index is -0.622. The number of hydrogen-bond acceptors (Lipinski definition) is 5. The van der Waals surface area contributed by atoms with Crippen molar-refractivity contribution in [3.63, 3.8) is 0 Å². The van der Waals surface area contributed by atoms with Gasteiger partial charge in [0.05, 0.1) is 38.0 Å². The standard InChI is InChI=1S/C18H21N3O4/c1-24-18(23)16-10-14-15(20-12-19-14)11-21(16)17(22)8-5-9-25-13-6-3-2-4-7-13/h2-4,6-7,12,16H,5,8-11H2,1H3,(H,19,20). The summed E-state index contributed by atoms with van der Waals surface area (Å²) in [5, 5.41) is 0. The number of rotatable bonds is 6. The number of fused-ring (bicyclic) bond motifs is 1. The van der Waals surface area contributed by atoms with Crippen LogP contribution in [0.15, 0.2) is 36.7 Å². The van der Waals surface area contributed by atoms with Crippen LogP contribution >= 0.6 is 0 Å². The van der Waals surface area contributed by atoms with Gasteiger partial charge in [0.1, 0.15) is 11.8 Å². The van der Waals surface area contributed by atoms with Gasteiger partial charge in [-0.3, -0.25) is 4.79 Å². The molecule has 1 N–H and O–H groups in total. The molecule has 7 heteroatoms. The molecule has 25 heavy (non-hydrogen) atoms. The van der Waals surface area contributed by atoms with E-state index in [1.807, 2.05) is 30.3 Å². The summed E-state index contributed by atoms with van der Waals surface area (Å²) in [5.41, 5.74) is 1.68. The first-order valence-corrected chi connectivity index (χ1v) is 8.25. The van der Waals surface area contributed by atoms with Crippen molar-refractivity contribution in [3.05, 3.63) is 48.0 Å². The van der Waals surface area contributed by atoms with E-state index in [4.69, 9.17) is 9.47 Å². The zero-order valence-electron chi connectivity index (χ0n) is 14.1. The number of imidazole rings is 1. The van der Waals surface area contributed by atoms with Gasteiger partial charge in [0.15, 0.2) is 0 Å². The van der Waals surface area contributed by atoms with Crippen LogP contribution < -0.4 is 4.74 Å². The third-order valence-electron chi connectivity index (χ3n) is 4.24. The average molecular weight is 343 g/mol. The van der Waals surface area contributed by atoms with Gasteiger partial charge in [0.25, 0.3) is 0 Å². The van der Waals surface area contributed by atoms with Crippen LogP contribution in [0.1, 0.15) is 24.2 Å². The Bertz CT molecular complexity index is 729. The first-order chi connectivity index (χ1) is 12.2. The number of methoxy groups -OCH3 is 1. The summed E-state index contributed by atoms with van der Waals surface area (Å²) in [5.74, 6) is 0.275. The number of hydrogen-bond donors (Lipinski definition) is 1. The molecule has 1 aromatic heterocycles. The molecule has 1 aliphatic rings. The van der Waals surface area contributed by atoms with Crippen LogP contribution in [0.25, 0.3) is 0 Å². The average Bonchev–Trinajstić information content (AvgIpc) is 3.11. The molecule has 132 valence electrons. The molecular weight excluding hydrogens is 322 g/mol. The SMILES string of the molecule is COC(=O)C1Cc2nc[nH]c2CN1C(=O)CCCOc1ccccc1. The van der Waals surface area contributed by atoms with Crippen LogP contribution in [0.4, 0.5) is 0 Å². The molecule has 0 saturated carbocycles. The third-order valence-corrected chi connectivity index (χ3v) is 4.24.